The van der Waals surface area contributed by atoms with Crippen LogP contribution in [0.2, 0.25) is 0 Å². The second kappa shape index (κ2) is 8.65. The summed E-state index contributed by atoms with van der Waals surface area (Å²) in [4.78, 5) is 12.3. The van der Waals surface area contributed by atoms with Crippen LogP contribution in [0.5, 0.6) is 0 Å². The topological polar surface area (TPSA) is 35.5 Å². The summed E-state index contributed by atoms with van der Waals surface area (Å²) in [5, 5.41) is 0. The van der Waals surface area contributed by atoms with Crippen LogP contribution in [0.3, 0.4) is 0 Å². The molecule has 1 rings (SSSR count). The van der Waals surface area contributed by atoms with Crippen molar-refractivity contribution in [1.29, 1.82) is 0 Å². The Labute approximate surface area is 111 Å². The molecule has 0 unspecified atom stereocenters. The number of methoxy groups -OCH3 is 1. The van der Waals surface area contributed by atoms with Crippen molar-refractivity contribution in [3.63, 3.8) is 0 Å². The molecule has 3 heteroatoms. The Morgan fingerprint density at radius 1 is 1.11 bits per heavy atom. The van der Waals surface area contributed by atoms with Crippen molar-refractivity contribution < 1.29 is 14.3 Å². The van der Waals surface area contributed by atoms with E-state index in [1.54, 1.807) is 7.11 Å². The van der Waals surface area contributed by atoms with Gasteiger partial charge >= 0.3 is 0 Å². The molecule has 1 fully saturated rings. The standard InChI is InChI=1S/C15H28O3/c1-3-4-5-6-7-8-9-14(16)15(17-2)10-12-18-13-11-15/h3-13H2,1-2H3. The lowest BCUT2D eigenvalue weighted by Crippen LogP contribution is -2.45. The van der Waals surface area contributed by atoms with Crippen molar-refractivity contribution >= 4 is 5.78 Å². The highest BCUT2D eigenvalue weighted by atomic mass is 16.5. The summed E-state index contributed by atoms with van der Waals surface area (Å²) >= 11 is 0. The Kier molecular flexibility index (Phi) is 7.52. The summed E-state index contributed by atoms with van der Waals surface area (Å²) in [5.74, 6) is 0.281. The van der Waals surface area contributed by atoms with Crippen molar-refractivity contribution in [2.24, 2.45) is 0 Å². The molecule has 0 bridgehead atoms. The van der Waals surface area contributed by atoms with Crippen LogP contribution in [0.25, 0.3) is 0 Å². The minimum absolute atomic E-state index is 0.281. The van der Waals surface area contributed by atoms with Crippen LogP contribution in [-0.2, 0) is 14.3 Å². The first-order valence-electron chi connectivity index (χ1n) is 7.41. The molecule has 1 heterocycles. The van der Waals surface area contributed by atoms with Gasteiger partial charge in [0.15, 0.2) is 5.78 Å². The van der Waals surface area contributed by atoms with Crippen LogP contribution in [0.4, 0.5) is 0 Å². The molecular weight excluding hydrogens is 228 g/mol. The highest BCUT2D eigenvalue weighted by molar-refractivity contribution is 5.87. The van der Waals surface area contributed by atoms with Gasteiger partial charge in [-0.2, -0.15) is 0 Å². The van der Waals surface area contributed by atoms with E-state index in [1.165, 1.54) is 32.1 Å². The molecule has 0 amide bonds. The zero-order valence-corrected chi connectivity index (χ0v) is 12.0. The SMILES string of the molecule is CCCCCCCCC(=O)C1(OC)CCOCC1. The Balaban J connectivity index is 2.21. The van der Waals surface area contributed by atoms with Crippen LogP contribution in [0, 0.1) is 0 Å². The predicted octanol–water partition coefficient (Wildman–Crippen LogP) is 3.50. The van der Waals surface area contributed by atoms with Crippen LogP contribution in [0.1, 0.15) is 64.7 Å². The van der Waals surface area contributed by atoms with Crippen LogP contribution in [0.15, 0.2) is 0 Å². The highest BCUT2D eigenvalue weighted by Gasteiger charge is 2.39. The summed E-state index contributed by atoms with van der Waals surface area (Å²) in [6.07, 6.45) is 9.42. The molecule has 0 aromatic heterocycles. The van der Waals surface area contributed by atoms with Gasteiger partial charge in [-0.3, -0.25) is 4.79 Å². The molecule has 0 aromatic rings. The van der Waals surface area contributed by atoms with E-state index in [4.69, 9.17) is 9.47 Å². The van der Waals surface area contributed by atoms with Gasteiger partial charge in [-0.25, -0.2) is 0 Å². The molecule has 18 heavy (non-hydrogen) atoms. The fraction of sp³-hybridized carbons (Fsp3) is 0.933. The Morgan fingerprint density at radius 2 is 1.72 bits per heavy atom. The summed E-state index contributed by atoms with van der Waals surface area (Å²) < 4.78 is 10.8. The Morgan fingerprint density at radius 3 is 2.33 bits per heavy atom. The van der Waals surface area contributed by atoms with E-state index < -0.39 is 5.60 Å². The number of carbonyl (C=O) groups excluding carboxylic acids is 1. The molecule has 1 aliphatic rings. The van der Waals surface area contributed by atoms with Gasteiger partial charge in [0, 0.05) is 39.6 Å². The molecule has 0 atom stereocenters. The quantitative estimate of drug-likeness (QED) is 0.592. The minimum atomic E-state index is -0.540. The van der Waals surface area contributed by atoms with E-state index in [0.29, 0.717) is 19.6 Å². The van der Waals surface area contributed by atoms with Gasteiger partial charge in [-0.15, -0.1) is 0 Å². The third-order valence-electron chi connectivity index (χ3n) is 3.96. The molecule has 0 aliphatic carbocycles. The number of ether oxygens (including phenoxy) is 2. The molecule has 0 saturated carbocycles. The number of carbonyl (C=O) groups is 1. The lowest BCUT2D eigenvalue weighted by atomic mass is 9.86. The first kappa shape index (κ1) is 15.6. The van der Waals surface area contributed by atoms with E-state index in [0.717, 1.165) is 19.3 Å². The smallest absolute Gasteiger partial charge is 0.164 e. The summed E-state index contributed by atoms with van der Waals surface area (Å²) in [5.41, 5.74) is -0.540. The average Bonchev–Trinajstić information content (AvgIpc) is 2.43. The lowest BCUT2D eigenvalue weighted by Gasteiger charge is -2.34. The maximum absolute atomic E-state index is 12.3. The monoisotopic (exact) mass is 256 g/mol. The molecular formula is C15H28O3. The van der Waals surface area contributed by atoms with E-state index in [2.05, 4.69) is 6.92 Å². The largest absolute Gasteiger partial charge is 0.381 e. The highest BCUT2D eigenvalue weighted by Crippen LogP contribution is 2.27. The van der Waals surface area contributed by atoms with E-state index in [1.807, 2.05) is 0 Å². The van der Waals surface area contributed by atoms with Crippen LogP contribution < -0.4 is 0 Å². The van der Waals surface area contributed by atoms with E-state index >= 15 is 0 Å². The molecule has 0 aromatic carbocycles. The number of hydrogen-bond donors (Lipinski definition) is 0. The van der Waals surface area contributed by atoms with Crippen molar-refractivity contribution in [1.82, 2.24) is 0 Å². The predicted molar refractivity (Wildman–Crippen MR) is 72.8 cm³/mol. The fourth-order valence-electron chi connectivity index (χ4n) is 2.59. The fourth-order valence-corrected chi connectivity index (χ4v) is 2.59. The number of rotatable bonds is 9. The zero-order chi connectivity index (χ0) is 13.3. The minimum Gasteiger partial charge on any atom is -0.381 e. The summed E-state index contributed by atoms with van der Waals surface area (Å²) in [7, 11) is 1.66. The number of ketones is 1. The van der Waals surface area contributed by atoms with Gasteiger partial charge in [0.2, 0.25) is 0 Å². The first-order chi connectivity index (χ1) is 8.75. The van der Waals surface area contributed by atoms with Crippen LogP contribution in [-0.4, -0.2) is 31.7 Å². The molecule has 0 N–H and O–H groups in total. The lowest BCUT2D eigenvalue weighted by molar-refractivity contribution is -0.152. The third kappa shape index (κ3) is 4.69. The third-order valence-corrected chi connectivity index (χ3v) is 3.96. The van der Waals surface area contributed by atoms with Gasteiger partial charge in [-0.1, -0.05) is 39.0 Å². The van der Waals surface area contributed by atoms with Crippen molar-refractivity contribution in [2.45, 2.75) is 70.3 Å². The molecule has 1 aliphatic heterocycles. The van der Waals surface area contributed by atoms with Crippen molar-refractivity contribution in [2.75, 3.05) is 20.3 Å². The van der Waals surface area contributed by atoms with Crippen molar-refractivity contribution in [3.8, 4) is 0 Å². The maximum Gasteiger partial charge on any atom is 0.164 e. The maximum atomic E-state index is 12.3. The average molecular weight is 256 g/mol. The summed E-state index contributed by atoms with van der Waals surface area (Å²) in [6, 6.07) is 0. The second-order valence-corrected chi connectivity index (χ2v) is 5.25. The number of Topliss-reactive ketones (excluding diaryl/α,β-unsaturated/α-hetero) is 1. The molecule has 106 valence electrons. The molecule has 3 nitrogen and oxygen atoms in total. The second-order valence-electron chi connectivity index (χ2n) is 5.25. The van der Waals surface area contributed by atoms with Gasteiger partial charge in [0.1, 0.15) is 5.60 Å². The Bertz CT molecular complexity index is 232. The van der Waals surface area contributed by atoms with E-state index in [9.17, 15) is 4.79 Å². The normalized spacial score (nSPS) is 18.8. The van der Waals surface area contributed by atoms with Gasteiger partial charge in [0.25, 0.3) is 0 Å². The molecule has 0 spiro atoms. The van der Waals surface area contributed by atoms with E-state index in [-0.39, 0.29) is 5.78 Å². The van der Waals surface area contributed by atoms with Gasteiger partial charge in [-0.05, 0) is 6.42 Å². The Hall–Kier alpha value is -0.410. The molecule has 1 saturated heterocycles. The summed E-state index contributed by atoms with van der Waals surface area (Å²) in [6.45, 7) is 3.52. The zero-order valence-electron chi connectivity index (χ0n) is 12.0. The van der Waals surface area contributed by atoms with Gasteiger partial charge < -0.3 is 9.47 Å². The van der Waals surface area contributed by atoms with Gasteiger partial charge in [0.05, 0.1) is 0 Å². The van der Waals surface area contributed by atoms with Crippen molar-refractivity contribution in [3.05, 3.63) is 0 Å². The molecule has 0 radical (unpaired) electrons. The number of unbranched alkanes of at least 4 members (excludes halogenated alkanes) is 5. The number of hydrogen-bond acceptors (Lipinski definition) is 3. The van der Waals surface area contributed by atoms with Crippen LogP contribution >= 0.6 is 0 Å². The first-order valence-corrected chi connectivity index (χ1v) is 7.41.